The predicted octanol–water partition coefficient (Wildman–Crippen LogP) is 0.545. The minimum Gasteiger partial charge on any atom is -0.326 e. The van der Waals surface area contributed by atoms with E-state index in [9.17, 15) is 9.59 Å². The van der Waals surface area contributed by atoms with Crippen LogP contribution in [0.2, 0.25) is 0 Å². The van der Waals surface area contributed by atoms with Gasteiger partial charge in [0.2, 0.25) is 11.8 Å². The summed E-state index contributed by atoms with van der Waals surface area (Å²) in [7, 11) is 1.57. The van der Waals surface area contributed by atoms with Gasteiger partial charge >= 0.3 is 0 Å². The normalized spacial score (nSPS) is 19.1. The first kappa shape index (κ1) is 11.2. The number of hydrazine groups is 1. The zero-order valence-corrected chi connectivity index (χ0v) is 10.2. The van der Waals surface area contributed by atoms with Crippen molar-refractivity contribution in [2.24, 2.45) is 5.84 Å². The van der Waals surface area contributed by atoms with Crippen LogP contribution in [0.15, 0.2) is 18.2 Å². The molecule has 0 spiro atoms. The largest absolute Gasteiger partial charge is 0.326 e. The minimum atomic E-state index is -0.454. The number of amides is 2. The maximum absolute atomic E-state index is 12.1. The fraction of sp³-hybridized carbons (Fsp3) is 0.385. The van der Waals surface area contributed by atoms with Crippen molar-refractivity contribution >= 4 is 17.5 Å². The van der Waals surface area contributed by atoms with Crippen LogP contribution in [0.25, 0.3) is 0 Å². The third-order valence-electron chi connectivity index (χ3n) is 3.76. The van der Waals surface area contributed by atoms with Gasteiger partial charge in [-0.2, -0.15) is 0 Å². The van der Waals surface area contributed by atoms with Crippen LogP contribution in [0.4, 0.5) is 5.69 Å². The number of hydrogen-bond donors (Lipinski definition) is 2. The number of likely N-dealkylation sites (N-methyl/N-ethyl adjacent to an activating group) is 1. The molecule has 0 aromatic heterocycles. The van der Waals surface area contributed by atoms with Crippen molar-refractivity contribution in [3.05, 3.63) is 29.3 Å². The topological polar surface area (TPSA) is 75.4 Å². The Hall–Kier alpha value is -1.88. The molecule has 3 rings (SSSR count). The zero-order valence-electron chi connectivity index (χ0n) is 10.2. The van der Waals surface area contributed by atoms with Crippen molar-refractivity contribution in [1.82, 2.24) is 5.01 Å². The number of hydrogen-bond acceptors (Lipinski definition) is 3. The highest BCUT2D eigenvalue weighted by Gasteiger charge is 2.52. The molecule has 1 aromatic carbocycles. The summed E-state index contributed by atoms with van der Waals surface area (Å²) >= 11 is 0. The van der Waals surface area contributed by atoms with E-state index < -0.39 is 5.41 Å². The van der Waals surface area contributed by atoms with Crippen molar-refractivity contribution in [1.29, 1.82) is 0 Å². The Balaban J connectivity index is 1.97. The lowest BCUT2D eigenvalue weighted by Crippen LogP contribution is -2.41. The van der Waals surface area contributed by atoms with Gasteiger partial charge in [0, 0.05) is 12.7 Å². The van der Waals surface area contributed by atoms with Crippen molar-refractivity contribution in [2.75, 3.05) is 12.4 Å². The maximum Gasteiger partial charge on any atom is 0.246 e. The SMILES string of the molecule is CN(N)C(=O)C1(c2ccc3c(c2)CC(=O)N3)CC1. The van der Waals surface area contributed by atoms with Crippen LogP contribution in [0.5, 0.6) is 0 Å². The molecule has 1 heterocycles. The Bertz CT molecular complexity index is 547. The van der Waals surface area contributed by atoms with Gasteiger partial charge in [-0.1, -0.05) is 12.1 Å². The van der Waals surface area contributed by atoms with Crippen LogP contribution < -0.4 is 11.2 Å². The molecule has 0 atom stereocenters. The minimum absolute atomic E-state index is 0.00858. The van der Waals surface area contributed by atoms with Gasteiger partial charge in [-0.3, -0.25) is 14.6 Å². The number of nitrogens with two attached hydrogens (primary N) is 1. The lowest BCUT2D eigenvalue weighted by Gasteiger charge is -2.20. The number of fused-ring (bicyclic) bond motifs is 1. The van der Waals surface area contributed by atoms with Crippen LogP contribution >= 0.6 is 0 Å². The van der Waals surface area contributed by atoms with E-state index in [1.54, 1.807) is 7.05 Å². The molecule has 18 heavy (non-hydrogen) atoms. The molecule has 1 saturated carbocycles. The van der Waals surface area contributed by atoms with Gasteiger partial charge in [-0.15, -0.1) is 0 Å². The molecule has 3 N–H and O–H groups in total. The molecule has 0 saturated heterocycles. The quantitative estimate of drug-likeness (QED) is 0.454. The Morgan fingerprint density at radius 2 is 2.17 bits per heavy atom. The molecule has 5 nitrogen and oxygen atoms in total. The van der Waals surface area contributed by atoms with Crippen LogP contribution in [-0.2, 0) is 21.4 Å². The Morgan fingerprint density at radius 1 is 1.44 bits per heavy atom. The first-order valence-corrected chi connectivity index (χ1v) is 5.99. The van der Waals surface area contributed by atoms with Gasteiger partial charge < -0.3 is 5.32 Å². The van der Waals surface area contributed by atoms with E-state index in [2.05, 4.69) is 5.32 Å². The van der Waals surface area contributed by atoms with Crippen LogP contribution in [0.3, 0.4) is 0 Å². The van der Waals surface area contributed by atoms with Crippen molar-refractivity contribution in [3.63, 3.8) is 0 Å². The molecule has 0 unspecified atom stereocenters. The lowest BCUT2D eigenvalue weighted by atomic mass is 9.92. The monoisotopic (exact) mass is 245 g/mol. The third-order valence-corrected chi connectivity index (χ3v) is 3.76. The molecule has 94 valence electrons. The average molecular weight is 245 g/mol. The van der Waals surface area contributed by atoms with Crippen LogP contribution in [0.1, 0.15) is 24.0 Å². The molecule has 5 heteroatoms. The Morgan fingerprint density at radius 3 is 2.78 bits per heavy atom. The molecule has 1 aliphatic carbocycles. The number of carbonyl (C=O) groups is 2. The van der Waals surface area contributed by atoms with E-state index in [1.807, 2.05) is 18.2 Å². The summed E-state index contributed by atoms with van der Waals surface area (Å²) in [6.07, 6.45) is 2.05. The number of nitrogens with zero attached hydrogens (tertiary/aromatic N) is 1. The van der Waals surface area contributed by atoms with Crippen molar-refractivity contribution in [2.45, 2.75) is 24.7 Å². The van der Waals surface area contributed by atoms with Crippen LogP contribution in [0, 0.1) is 0 Å². The summed E-state index contributed by atoms with van der Waals surface area (Å²) < 4.78 is 0. The lowest BCUT2D eigenvalue weighted by molar-refractivity contribution is -0.132. The van der Waals surface area contributed by atoms with E-state index in [4.69, 9.17) is 5.84 Å². The molecule has 0 bridgehead atoms. The number of anilines is 1. The fourth-order valence-corrected chi connectivity index (χ4v) is 2.62. The smallest absolute Gasteiger partial charge is 0.246 e. The zero-order chi connectivity index (χ0) is 12.9. The van der Waals surface area contributed by atoms with Gasteiger partial charge in [0.05, 0.1) is 11.8 Å². The number of carbonyl (C=O) groups excluding carboxylic acids is 2. The summed E-state index contributed by atoms with van der Waals surface area (Å²) in [5, 5.41) is 3.95. The second kappa shape index (κ2) is 3.55. The highest BCUT2D eigenvalue weighted by atomic mass is 16.2. The molecule has 1 aromatic rings. The molecule has 1 aliphatic heterocycles. The second-order valence-electron chi connectivity index (χ2n) is 5.10. The molecule has 2 aliphatic rings. The second-order valence-corrected chi connectivity index (χ2v) is 5.10. The van der Waals surface area contributed by atoms with E-state index >= 15 is 0 Å². The Kier molecular flexibility index (Phi) is 2.22. The van der Waals surface area contributed by atoms with Crippen molar-refractivity contribution < 1.29 is 9.59 Å². The van der Waals surface area contributed by atoms with Gasteiger partial charge in [-0.05, 0) is 30.0 Å². The van der Waals surface area contributed by atoms with E-state index in [0.29, 0.717) is 6.42 Å². The number of benzene rings is 1. The Labute approximate surface area is 105 Å². The summed E-state index contributed by atoms with van der Waals surface area (Å²) in [6.45, 7) is 0. The summed E-state index contributed by atoms with van der Waals surface area (Å²) in [6, 6.07) is 5.75. The number of rotatable bonds is 2. The van der Waals surface area contributed by atoms with Gasteiger partial charge in [0.1, 0.15) is 0 Å². The van der Waals surface area contributed by atoms with Crippen molar-refractivity contribution in [3.8, 4) is 0 Å². The summed E-state index contributed by atoms with van der Waals surface area (Å²) in [4.78, 5) is 23.4. The highest BCUT2D eigenvalue weighted by Crippen LogP contribution is 2.50. The maximum atomic E-state index is 12.1. The van der Waals surface area contributed by atoms with E-state index in [1.165, 1.54) is 0 Å². The first-order chi connectivity index (χ1) is 8.53. The van der Waals surface area contributed by atoms with Gasteiger partial charge in [0.25, 0.3) is 0 Å². The highest BCUT2D eigenvalue weighted by molar-refractivity contribution is 5.99. The molecular formula is C13H15N3O2. The summed E-state index contributed by atoms with van der Waals surface area (Å²) in [5.41, 5.74) is 2.34. The summed E-state index contributed by atoms with van der Waals surface area (Å²) in [5.74, 6) is 5.50. The first-order valence-electron chi connectivity index (χ1n) is 5.99. The predicted molar refractivity (Wildman–Crippen MR) is 66.6 cm³/mol. The third kappa shape index (κ3) is 1.51. The molecular weight excluding hydrogens is 230 g/mol. The van der Waals surface area contributed by atoms with Gasteiger partial charge in [0.15, 0.2) is 0 Å². The molecule has 1 fully saturated rings. The van der Waals surface area contributed by atoms with E-state index in [-0.39, 0.29) is 11.8 Å². The standard InChI is InChI=1S/C13H15N3O2/c1-16(14)12(18)13(4-5-13)9-2-3-10-8(6-9)7-11(17)15-10/h2-3,6H,4-5,7,14H2,1H3,(H,15,17). The van der Waals surface area contributed by atoms with E-state index in [0.717, 1.165) is 34.7 Å². The number of nitrogens with one attached hydrogen (secondary N) is 1. The fourth-order valence-electron chi connectivity index (χ4n) is 2.62. The molecule has 0 radical (unpaired) electrons. The molecule has 2 amide bonds. The average Bonchev–Trinajstić information content (AvgIpc) is 3.04. The van der Waals surface area contributed by atoms with Gasteiger partial charge in [-0.25, -0.2) is 5.84 Å². The van der Waals surface area contributed by atoms with Crippen LogP contribution in [-0.4, -0.2) is 23.9 Å².